The minimum Gasteiger partial charge on any atom is -0.497 e. The molecule has 0 saturated heterocycles. The Balaban J connectivity index is 1.90. The number of carbonyl (C=O) groups excluding carboxylic acids is 2. The van der Waals surface area contributed by atoms with Gasteiger partial charge in [-0.25, -0.2) is 0 Å². The van der Waals surface area contributed by atoms with Crippen molar-refractivity contribution in [1.82, 2.24) is 10.6 Å². The smallest absolute Gasteiger partial charge is 0.255 e. The summed E-state index contributed by atoms with van der Waals surface area (Å²) in [5.41, 5.74) is 0.762. The first kappa shape index (κ1) is 20.9. The molecule has 0 radical (unpaired) electrons. The van der Waals surface area contributed by atoms with Crippen LogP contribution in [0.2, 0.25) is 0 Å². The summed E-state index contributed by atoms with van der Waals surface area (Å²) in [5.74, 6) is 1.38. The average Bonchev–Trinajstić information content (AvgIpc) is 2.75. The summed E-state index contributed by atoms with van der Waals surface area (Å²) in [6, 6.07) is 9.85. The lowest BCUT2D eigenvalue weighted by Gasteiger charge is -2.12. The predicted molar refractivity (Wildman–Crippen MR) is 104 cm³/mol. The quantitative estimate of drug-likeness (QED) is 0.637. The Kier molecular flexibility index (Phi) is 7.50. The summed E-state index contributed by atoms with van der Waals surface area (Å²) in [4.78, 5) is 24.7. The number of benzene rings is 2. The molecule has 8 nitrogen and oxygen atoms in total. The highest BCUT2D eigenvalue weighted by atomic mass is 16.5. The fourth-order valence-electron chi connectivity index (χ4n) is 2.51. The van der Waals surface area contributed by atoms with Crippen molar-refractivity contribution in [1.29, 1.82) is 0 Å². The van der Waals surface area contributed by atoms with Crippen molar-refractivity contribution in [3.05, 3.63) is 47.5 Å². The third kappa shape index (κ3) is 5.06. The van der Waals surface area contributed by atoms with E-state index in [4.69, 9.17) is 18.9 Å². The topological polar surface area (TPSA) is 95.1 Å². The molecule has 2 aromatic rings. The molecule has 0 fully saturated rings. The van der Waals surface area contributed by atoms with Crippen molar-refractivity contribution in [2.24, 2.45) is 0 Å². The first-order valence-electron chi connectivity index (χ1n) is 8.54. The van der Waals surface area contributed by atoms with Gasteiger partial charge in [0.15, 0.2) is 0 Å². The van der Waals surface area contributed by atoms with E-state index in [-0.39, 0.29) is 24.9 Å². The Bertz CT molecular complexity index is 768. The lowest BCUT2D eigenvalue weighted by molar-refractivity contribution is 0.0924. The number of hydrogen-bond acceptors (Lipinski definition) is 6. The van der Waals surface area contributed by atoms with Crippen LogP contribution in [0.25, 0.3) is 0 Å². The molecule has 0 bridgehead atoms. The average molecular weight is 388 g/mol. The molecule has 8 heteroatoms. The highest BCUT2D eigenvalue weighted by Crippen LogP contribution is 2.25. The zero-order valence-electron chi connectivity index (χ0n) is 16.3. The monoisotopic (exact) mass is 388 g/mol. The molecule has 0 aromatic heterocycles. The molecule has 0 atom stereocenters. The van der Waals surface area contributed by atoms with Crippen molar-refractivity contribution in [2.75, 3.05) is 41.5 Å². The lowest BCUT2D eigenvalue weighted by Crippen LogP contribution is -2.35. The van der Waals surface area contributed by atoms with Gasteiger partial charge in [0.05, 0.1) is 39.6 Å². The molecule has 2 aromatic carbocycles. The number of rotatable bonds is 9. The van der Waals surface area contributed by atoms with Crippen LogP contribution in [-0.2, 0) is 0 Å². The van der Waals surface area contributed by atoms with E-state index in [9.17, 15) is 9.59 Å². The molecule has 0 spiro atoms. The van der Waals surface area contributed by atoms with E-state index in [0.29, 0.717) is 34.1 Å². The SMILES string of the molecule is COc1ccc(C(=O)NCCNC(=O)c2ccc(OC)cc2OC)c(OC)c1. The van der Waals surface area contributed by atoms with Crippen molar-refractivity contribution in [3.63, 3.8) is 0 Å². The van der Waals surface area contributed by atoms with Gasteiger partial charge >= 0.3 is 0 Å². The van der Waals surface area contributed by atoms with Gasteiger partial charge < -0.3 is 29.6 Å². The van der Waals surface area contributed by atoms with Gasteiger partial charge in [-0.1, -0.05) is 0 Å². The van der Waals surface area contributed by atoms with Crippen molar-refractivity contribution in [2.45, 2.75) is 0 Å². The number of nitrogens with one attached hydrogen (secondary N) is 2. The highest BCUT2D eigenvalue weighted by molar-refractivity contribution is 5.98. The molecule has 0 aliphatic heterocycles. The molecule has 150 valence electrons. The van der Waals surface area contributed by atoms with E-state index in [1.807, 2.05) is 0 Å². The number of carbonyl (C=O) groups is 2. The minimum absolute atomic E-state index is 0.248. The van der Waals surface area contributed by atoms with Crippen LogP contribution < -0.4 is 29.6 Å². The van der Waals surface area contributed by atoms with Gasteiger partial charge in [-0.15, -0.1) is 0 Å². The van der Waals surface area contributed by atoms with E-state index in [1.54, 1.807) is 36.4 Å². The van der Waals surface area contributed by atoms with Gasteiger partial charge in [-0.3, -0.25) is 9.59 Å². The maximum Gasteiger partial charge on any atom is 0.255 e. The van der Waals surface area contributed by atoms with Crippen molar-refractivity contribution >= 4 is 11.8 Å². The van der Waals surface area contributed by atoms with Gasteiger partial charge in [-0.05, 0) is 24.3 Å². The van der Waals surface area contributed by atoms with E-state index >= 15 is 0 Å². The summed E-state index contributed by atoms with van der Waals surface area (Å²) in [6.07, 6.45) is 0. The van der Waals surface area contributed by atoms with Crippen LogP contribution in [0.5, 0.6) is 23.0 Å². The largest absolute Gasteiger partial charge is 0.497 e. The summed E-state index contributed by atoms with van der Waals surface area (Å²) < 4.78 is 20.7. The van der Waals surface area contributed by atoms with Gasteiger partial charge in [-0.2, -0.15) is 0 Å². The summed E-state index contributed by atoms with van der Waals surface area (Å²) >= 11 is 0. The van der Waals surface area contributed by atoms with Crippen LogP contribution in [0.4, 0.5) is 0 Å². The number of hydrogen-bond donors (Lipinski definition) is 2. The Hall–Kier alpha value is -3.42. The molecule has 0 heterocycles. The maximum atomic E-state index is 12.3. The van der Waals surface area contributed by atoms with Gasteiger partial charge in [0, 0.05) is 25.2 Å². The number of methoxy groups -OCH3 is 4. The molecule has 28 heavy (non-hydrogen) atoms. The first-order valence-corrected chi connectivity index (χ1v) is 8.54. The van der Waals surface area contributed by atoms with Crippen LogP contribution in [0.15, 0.2) is 36.4 Å². The Labute approximate surface area is 163 Å². The Morgan fingerprint density at radius 1 is 0.679 bits per heavy atom. The molecule has 0 aliphatic rings. The Morgan fingerprint density at radius 2 is 1.07 bits per heavy atom. The van der Waals surface area contributed by atoms with E-state index in [0.717, 1.165) is 0 Å². The van der Waals surface area contributed by atoms with E-state index in [1.165, 1.54) is 28.4 Å². The second-order valence-corrected chi connectivity index (χ2v) is 5.64. The summed E-state index contributed by atoms with van der Waals surface area (Å²) in [5, 5.41) is 5.48. The van der Waals surface area contributed by atoms with Gasteiger partial charge in [0.25, 0.3) is 11.8 Å². The normalized spacial score (nSPS) is 10.0. The molecule has 0 aliphatic carbocycles. The van der Waals surface area contributed by atoms with Crippen LogP contribution in [-0.4, -0.2) is 53.3 Å². The molecule has 2 N–H and O–H groups in total. The number of ether oxygens (including phenoxy) is 4. The number of amides is 2. The molecule has 2 rings (SSSR count). The van der Waals surface area contributed by atoms with Crippen molar-refractivity contribution in [3.8, 4) is 23.0 Å². The summed E-state index contributed by atoms with van der Waals surface area (Å²) in [7, 11) is 6.03. The predicted octanol–water partition coefficient (Wildman–Crippen LogP) is 1.88. The maximum absolute atomic E-state index is 12.3. The molecule has 2 amide bonds. The standard InChI is InChI=1S/C20H24N2O6/c1-25-13-5-7-15(17(11-13)27-3)19(23)21-9-10-22-20(24)16-8-6-14(26-2)12-18(16)28-4/h5-8,11-12H,9-10H2,1-4H3,(H,21,23)(H,22,24). The minimum atomic E-state index is -0.309. The third-order valence-electron chi connectivity index (χ3n) is 4.00. The summed E-state index contributed by atoms with van der Waals surface area (Å²) in [6.45, 7) is 0.496. The van der Waals surface area contributed by atoms with Gasteiger partial charge in [0.1, 0.15) is 23.0 Å². The highest BCUT2D eigenvalue weighted by Gasteiger charge is 2.15. The van der Waals surface area contributed by atoms with Crippen LogP contribution in [0, 0.1) is 0 Å². The van der Waals surface area contributed by atoms with E-state index in [2.05, 4.69) is 10.6 Å². The second-order valence-electron chi connectivity index (χ2n) is 5.64. The van der Waals surface area contributed by atoms with Crippen molar-refractivity contribution < 1.29 is 28.5 Å². The zero-order chi connectivity index (χ0) is 20.5. The third-order valence-corrected chi connectivity index (χ3v) is 4.00. The van der Waals surface area contributed by atoms with Crippen LogP contribution in [0.1, 0.15) is 20.7 Å². The molecular weight excluding hydrogens is 364 g/mol. The fraction of sp³-hybridized carbons (Fsp3) is 0.300. The van der Waals surface area contributed by atoms with Crippen LogP contribution >= 0.6 is 0 Å². The van der Waals surface area contributed by atoms with E-state index < -0.39 is 0 Å². The Morgan fingerprint density at radius 3 is 1.39 bits per heavy atom. The molecule has 0 unspecified atom stereocenters. The first-order chi connectivity index (χ1) is 13.5. The lowest BCUT2D eigenvalue weighted by atomic mass is 10.1. The van der Waals surface area contributed by atoms with Crippen LogP contribution in [0.3, 0.4) is 0 Å². The second kappa shape index (κ2) is 10.1. The molecule has 0 saturated carbocycles. The molecular formula is C20H24N2O6. The fourth-order valence-corrected chi connectivity index (χ4v) is 2.51. The zero-order valence-corrected chi connectivity index (χ0v) is 16.3. The van der Waals surface area contributed by atoms with Gasteiger partial charge in [0.2, 0.25) is 0 Å².